The molecule has 0 aromatic heterocycles. The van der Waals surface area contributed by atoms with Crippen LogP contribution in [0.3, 0.4) is 0 Å². The summed E-state index contributed by atoms with van der Waals surface area (Å²) in [5.74, 6) is -1.11. The Balaban J connectivity index is 1.85. The maximum Gasteiger partial charge on any atom is 0.245 e. The highest BCUT2D eigenvalue weighted by atomic mass is 35.5. The summed E-state index contributed by atoms with van der Waals surface area (Å²) in [6, 6.07) is 7.23. The third-order valence-electron chi connectivity index (χ3n) is 2.68. The summed E-state index contributed by atoms with van der Waals surface area (Å²) in [6.45, 7) is 2.75. The van der Waals surface area contributed by atoms with Crippen LogP contribution >= 0.6 is 11.6 Å². The van der Waals surface area contributed by atoms with Gasteiger partial charge in [-0.05, 0) is 13.0 Å². The lowest BCUT2D eigenvalue weighted by molar-refractivity contribution is -0.159. The molecule has 0 atom stereocenters. The van der Waals surface area contributed by atoms with E-state index in [1.165, 1.54) is 6.21 Å². The molecule has 5 nitrogen and oxygen atoms in total. The second-order valence-electron chi connectivity index (χ2n) is 4.32. The van der Waals surface area contributed by atoms with Gasteiger partial charge in [0.1, 0.15) is 0 Å². The average molecular weight is 283 g/mol. The summed E-state index contributed by atoms with van der Waals surface area (Å²) in [6.07, 6.45) is 1.60. The van der Waals surface area contributed by atoms with E-state index in [-0.39, 0.29) is 12.3 Å². The lowest BCUT2D eigenvalue weighted by Crippen LogP contribution is -2.33. The van der Waals surface area contributed by atoms with Crippen molar-refractivity contribution in [2.24, 2.45) is 5.10 Å². The Morgan fingerprint density at radius 1 is 1.47 bits per heavy atom. The molecular weight excluding hydrogens is 268 g/mol. The van der Waals surface area contributed by atoms with Crippen molar-refractivity contribution in [2.45, 2.75) is 19.1 Å². The Bertz CT molecular complexity index is 485. The van der Waals surface area contributed by atoms with Crippen LogP contribution in [0.1, 0.15) is 18.9 Å². The molecule has 0 saturated carbocycles. The normalized spacial score (nSPS) is 17.8. The van der Waals surface area contributed by atoms with Crippen LogP contribution in [0.15, 0.2) is 29.4 Å². The molecule has 0 radical (unpaired) electrons. The SMILES string of the molecule is CC1(CC(=O)N/N=C/c2ccccc2Cl)OCCO1. The number of benzene rings is 1. The highest BCUT2D eigenvalue weighted by Crippen LogP contribution is 2.22. The second-order valence-corrected chi connectivity index (χ2v) is 4.73. The monoisotopic (exact) mass is 282 g/mol. The van der Waals surface area contributed by atoms with E-state index in [9.17, 15) is 4.79 Å². The molecule has 1 N–H and O–H groups in total. The summed E-state index contributed by atoms with van der Waals surface area (Å²) < 4.78 is 10.7. The Morgan fingerprint density at radius 2 is 2.16 bits per heavy atom. The topological polar surface area (TPSA) is 59.9 Å². The predicted octanol–water partition coefficient (Wildman–Crippen LogP) is 1.94. The van der Waals surface area contributed by atoms with Crippen LogP contribution in [0, 0.1) is 0 Å². The number of amides is 1. The van der Waals surface area contributed by atoms with Crippen LogP contribution in [-0.4, -0.2) is 31.1 Å². The molecule has 102 valence electrons. The van der Waals surface area contributed by atoms with Gasteiger partial charge in [-0.15, -0.1) is 0 Å². The van der Waals surface area contributed by atoms with Gasteiger partial charge in [-0.3, -0.25) is 4.79 Å². The highest BCUT2D eigenvalue weighted by molar-refractivity contribution is 6.33. The Labute approximate surface area is 116 Å². The van der Waals surface area contributed by atoms with Crippen molar-refractivity contribution in [1.29, 1.82) is 0 Å². The molecule has 1 amide bonds. The summed E-state index contributed by atoms with van der Waals surface area (Å²) >= 11 is 5.96. The van der Waals surface area contributed by atoms with Crippen molar-refractivity contribution >= 4 is 23.7 Å². The first kappa shape index (κ1) is 14.0. The minimum Gasteiger partial charge on any atom is -0.347 e. The van der Waals surface area contributed by atoms with Gasteiger partial charge in [0.25, 0.3) is 0 Å². The molecule has 0 bridgehead atoms. The minimum atomic E-state index is -0.843. The van der Waals surface area contributed by atoms with Crippen molar-refractivity contribution < 1.29 is 14.3 Å². The molecule has 1 aromatic carbocycles. The van der Waals surface area contributed by atoms with Gasteiger partial charge >= 0.3 is 0 Å². The van der Waals surface area contributed by atoms with Crippen molar-refractivity contribution in [3.05, 3.63) is 34.9 Å². The van der Waals surface area contributed by atoms with Gasteiger partial charge in [0.2, 0.25) is 5.91 Å². The van der Waals surface area contributed by atoms with Crippen LogP contribution in [0.5, 0.6) is 0 Å². The number of carbonyl (C=O) groups excluding carboxylic acids is 1. The van der Waals surface area contributed by atoms with Gasteiger partial charge < -0.3 is 9.47 Å². The van der Waals surface area contributed by atoms with Gasteiger partial charge in [0, 0.05) is 10.6 Å². The van der Waals surface area contributed by atoms with Crippen molar-refractivity contribution in [2.75, 3.05) is 13.2 Å². The van der Waals surface area contributed by atoms with Gasteiger partial charge in [0.15, 0.2) is 5.79 Å². The fourth-order valence-corrected chi connectivity index (χ4v) is 1.93. The fourth-order valence-electron chi connectivity index (χ4n) is 1.74. The molecule has 6 heteroatoms. The summed E-state index contributed by atoms with van der Waals surface area (Å²) in [5, 5.41) is 4.43. The van der Waals surface area contributed by atoms with E-state index in [1.54, 1.807) is 13.0 Å². The summed E-state index contributed by atoms with van der Waals surface area (Å²) in [5.41, 5.74) is 3.16. The fraction of sp³-hybridized carbons (Fsp3) is 0.385. The number of hydrazone groups is 1. The van der Waals surface area contributed by atoms with E-state index in [0.717, 1.165) is 5.56 Å². The van der Waals surface area contributed by atoms with Crippen LogP contribution in [0.2, 0.25) is 5.02 Å². The molecule has 1 aromatic rings. The molecule has 1 aliphatic heterocycles. The zero-order valence-electron chi connectivity index (χ0n) is 10.6. The van der Waals surface area contributed by atoms with Crippen LogP contribution in [0.4, 0.5) is 0 Å². The first-order valence-electron chi connectivity index (χ1n) is 5.93. The van der Waals surface area contributed by atoms with Gasteiger partial charge in [-0.2, -0.15) is 5.10 Å². The number of nitrogens with one attached hydrogen (secondary N) is 1. The zero-order valence-corrected chi connectivity index (χ0v) is 11.3. The minimum absolute atomic E-state index is 0.104. The number of nitrogens with zero attached hydrogens (tertiary/aromatic N) is 1. The van der Waals surface area contributed by atoms with Crippen molar-refractivity contribution in [1.82, 2.24) is 5.43 Å². The van der Waals surface area contributed by atoms with Crippen molar-refractivity contribution in [3.63, 3.8) is 0 Å². The predicted molar refractivity (Wildman–Crippen MR) is 72.1 cm³/mol. The van der Waals surface area contributed by atoms with E-state index < -0.39 is 5.79 Å². The molecule has 1 saturated heterocycles. The molecule has 0 aliphatic carbocycles. The molecule has 1 heterocycles. The summed E-state index contributed by atoms with van der Waals surface area (Å²) in [7, 11) is 0. The number of rotatable bonds is 4. The summed E-state index contributed by atoms with van der Waals surface area (Å²) in [4.78, 5) is 11.7. The van der Waals surface area contributed by atoms with E-state index in [4.69, 9.17) is 21.1 Å². The third-order valence-corrected chi connectivity index (χ3v) is 3.02. The van der Waals surface area contributed by atoms with Crippen LogP contribution in [-0.2, 0) is 14.3 Å². The highest BCUT2D eigenvalue weighted by Gasteiger charge is 2.33. The average Bonchev–Trinajstić information content (AvgIpc) is 2.78. The number of hydrogen-bond donors (Lipinski definition) is 1. The van der Waals surface area contributed by atoms with E-state index in [2.05, 4.69) is 10.5 Å². The van der Waals surface area contributed by atoms with Gasteiger partial charge in [0.05, 0.1) is 25.8 Å². The maximum absolute atomic E-state index is 11.7. The number of hydrogen-bond acceptors (Lipinski definition) is 4. The molecule has 19 heavy (non-hydrogen) atoms. The smallest absolute Gasteiger partial charge is 0.245 e. The van der Waals surface area contributed by atoms with Crippen LogP contribution < -0.4 is 5.43 Å². The van der Waals surface area contributed by atoms with Gasteiger partial charge in [-0.1, -0.05) is 29.8 Å². The second kappa shape index (κ2) is 6.14. The quantitative estimate of drug-likeness (QED) is 0.678. The molecule has 1 fully saturated rings. The lowest BCUT2D eigenvalue weighted by atomic mass is 10.2. The Kier molecular flexibility index (Phi) is 4.52. The lowest BCUT2D eigenvalue weighted by Gasteiger charge is -2.20. The van der Waals surface area contributed by atoms with Gasteiger partial charge in [-0.25, -0.2) is 5.43 Å². The molecule has 2 rings (SSSR count). The Morgan fingerprint density at radius 3 is 2.84 bits per heavy atom. The Hall–Kier alpha value is -1.43. The van der Waals surface area contributed by atoms with Crippen molar-refractivity contribution in [3.8, 4) is 0 Å². The van der Waals surface area contributed by atoms with E-state index in [1.807, 2.05) is 18.2 Å². The largest absolute Gasteiger partial charge is 0.347 e. The zero-order chi connectivity index (χ0) is 13.7. The maximum atomic E-state index is 11.7. The molecule has 1 aliphatic rings. The molecular formula is C13H15ClN2O3. The number of halogens is 1. The molecule has 0 unspecified atom stereocenters. The number of carbonyl (C=O) groups is 1. The van der Waals surface area contributed by atoms with Crippen LogP contribution in [0.25, 0.3) is 0 Å². The van der Waals surface area contributed by atoms with E-state index in [0.29, 0.717) is 18.2 Å². The standard InChI is InChI=1S/C13H15ClN2O3/c1-13(18-6-7-19-13)8-12(17)16-15-9-10-4-2-3-5-11(10)14/h2-5,9H,6-8H2,1H3,(H,16,17)/b15-9+. The van der Waals surface area contributed by atoms with E-state index >= 15 is 0 Å². The first-order valence-corrected chi connectivity index (χ1v) is 6.31. The third kappa shape index (κ3) is 4.02. The number of ether oxygens (including phenoxy) is 2. The first-order chi connectivity index (χ1) is 9.09. The molecule has 0 spiro atoms.